The van der Waals surface area contributed by atoms with Gasteiger partial charge in [0.15, 0.2) is 11.5 Å². The van der Waals surface area contributed by atoms with Crippen LogP contribution in [0.25, 0.3) is 10.8 Å². The number of fused-ring (bicyclic) bond motifs is 2. The van der Waals surface area contributed by atoms with Crippen molar-refractivity contribution in [2.24, 2.45) is 0 Å². The Hall–Kier alpha value is -4.66. The molecule has 3 aromatic carbocycles. The third-order valence-corrected chi connectivity index (χ3v) is 5.68. The van der Waals surface area contributed by atoms with Crippen LogP contribution in [0.5, 0.6) is 11.5 Å². The molecule has 0 fully saturated rings. The SMILES string of the molecule is Cc1nn(CC(=O)Nc2ccccc2C(=O)NCc2ccc3c(c2)OCO3)c(=O)c2ccccc12. The zero-order chi connectivity index (χ0) is 24.4. The van der Waals surface area contributed by atoms with Crippen LogP contribution in [0.2, 0.25) is 0 Å². The minimum absolute atomic E-state index is 0.179. The lowest BCUT2D eigenvalue weighted by Crippen LogP contribution is -2.31. The molecule has 2 heterocycles. The third kappa shape index (κ3) is 4.56. The Morgan fingerprint density at radius 3 is 2.57 bits per heavy atom. The van der Waals surface area contributed by atoms with Gasteiger partial charge >= 0.3 is 0 Å². The van der Waals surface area contributed by atoms with E-state index < -0.39 is 5.91 Å². The van der Waals surface area contributed by atoms with Crippen molar-refractivity contribution in [2.75, 3.05) is 12.1 Å². The normalized spacial score (nSPS) is 11.9. The highest BCUT2D eigenvalue weighted by molar-refractivity contribution is 6.03. The number of hydrogen-bond acceptors (Lipinski definition) is 6. The number of nitrogens with one attached hydrogen (secondary N) is 2. The molecule has 4 aromatic rings. The maximum Gasteiger partial charge on any atom is 0.275 e. The number of anilines is 1. The van der Waals surface area contributed by atoms with Gasteiger partial charge in [-0.3, -0.25) is 14.4 Å². The van der Waals surface area contributed by atoms with Gasteiger partial charge in [0.25, 0.3) is 11.5 Å². The molecule has 0 saturated heterocycles. The molecule has 1 aliphatic rings. The summed E-state index contributed by atoms with van der Waals surface area (Å²) in [6.45, 7) is 1.96. The number of aromatic nitrogens is 2. The summed E-state index contributed by atoms with van der Waals surface area (Å²) in [5.41, 5.74) is 1.79. The van der Waals surface area contributed by atoms with Crippen LogP contribution in [0, 0.1) is 6.92 Å². The minimum atomic E-state index is -0.467. The minimum Gasteiger partial charge on any atom is -0.454 e. The van der Waals surface area contributed by atoms with Crippen LogP contribution in [-0.4, -0.2) is 28.4 Å². The quantitative estimate of drug-likeness (QED) is 0.448. The number of rotatable bonds is 6. The summed E-state index contributed by atoms with van der Waals surface area (Å²) in [7, 11) is 0. The van der Waals surface area contributed by atoms with Crippen LogP contribution in [0.3, 0.4) is 0 Å². The third-order valence-electron chi connectivity index (χ3n) is 5.68. The highest BCUT2D eigenvalue weighted by Crippen LogP contribution is 2.32. The molecule has 2 amide bonds. The highest BCUT2D eigenvalue weighted by Gasteiger charge is 2.17. The summed E-state index contributed by atoms with van der Waals surface area (Å²) < 4.78 is 11.8. The van der Waals surface area contributed by atoms with Gasteiger partial charge in [0.2, 0.25) is 12.7 Å². The number of para-hydroxylation sites is 1. The molecule has 5 rings (SSSR count). The van der Waals surface area contributed by atoms with Gasteiger partial charge in [0.05, 0.1) is 22.3 Å². The topological polar surface area (TPSA) is 112 Å². The maximum absolute atomic E-state index is 12.9. The standard InChI is InChI=1S/C26H22N4O5/c1-16-18-6-2-3-7-19(18)26(33)30(29-16)14-24(31)28-21-9-5-4-8-20(21)25(32)27-13-17-10-11-22-23(12-17)35-15-34-22/h2-12H,13-15H2,1H3,(H,27,32)(H,28,31). The van der Waals surface area contributed by atoms with Crippen LogP contribution in [0.1, 0.15) is 21.6 Å². The lowest BCUT2D eigenvalue weighted by Gasteiger charge is -2.13. The zero-order valence-corrected chi connectivity index (χ0v) is 18.9. The van der Waals surface area contributed by atoms with Crippen molar-refractivity contribution < 1.29 is 19.1 Å². The zero-order valence-electron chi connectivity index (χ0n) is 18.9. The lowest BCUT2D eigenvalue weighted by atomic mass is 10.1. The summed E-state index contributed by atoms with van der Waals surface area (Å²) in [4.78, 5) is 38.4. The number of ether oxygens (including phenoxy) is 2. The largest absolute Gasteiger partial charge is 0.454 e. The number of benzene rings is 3. The number of hydrogen-bond donors (Lipinski definition) is 2. The molecule has 1 aromatic heterocycles. The average molecular weight is 470 g/mol. The van der Waals surface area contributed by atoms with E-state index >= 15 is 0 Å². The molecule has 176 valence electrons. The van der Waals surface area contributed by atoms with Crippen molar-refractivity contribution in [1.82, 2.24) is 15.1 Å². The van der Waals surface area contributed by atoms with Crippen LogP contribution in [-0.2, 0) is 17.9 Å². The summed E-state index contributed by atoms with van der Waals surface area (Å²) in [5, 5.41) is 11.1. The first-order valence-corrected chi connectivity index (χ1v) is 11.0. The second-order valence-corrected chi connectivity index (χ2v) is 8.06. The van der Waals surface area contributed by atoms with E-state index in [0.717, 1.165) is 15.6 Å². The van der Waals surface area contributed by atoms with Crippen LogP contribution < -0.4 is 25.7 Å². The summed E-state index contributed by atoms with van der Waals surface area (Å²) >= 11 is 0. The molecule has 0 bridgehead atoms. The fraction of sp³-hybridized carbons (Fsp3) is 0.154. The molecule has 2 N–H and O–H groups in total. The molecule has 0 aliphatic carbocycles. The maximum atomic E-state index is 12.9. The first kappa shape index (κ1) is 22.1. The molecule has 0 spiro atoms. The summed E-state index contributed by atoms with van der Waals surface area (Å²) in [5.74, 6) is 0.487. The molecule has 0 atom stereocenters. The first-order valence-electron chi connectivity index (χ1n) is 11.0. The van der Waals surface area contributed by atoms with E-state index in [-0.39, 0.29) is 31.3 Å². The first-order chi connectivity index (χ1) is 17.0. The lowest BCUT2D eigenvalue weighted by molar-refractivity contribution is -0.117. The van der Waals surface area contributed by atoms with Crippen LogP contribution in [0.4, 0.5) is 5.69 Å². The molecule has 0 radical (unpaired) electrons. The smallest absolute Gasteiger partial charge is 0.275 e. The fourth-order valence-corrected chi connectivity index (χ4v) is 3.96. The van der Waals surface area contributed by atoms with Crippen molar-refractivity contribution in [1.29, 1.82) is 0 Å². The molecule has 1 aliphatic heterocycles. The van der Waals surface area contributed by atoms with E-state index in [4.69, 9.17) is 9.47 Å². The predicted octanol–water partition coefficient (Wildman–Crippen LogP) is 3.00. The summed E-state index contributed by atoms with van der Waals surface area (Å²) in [6, 6.07) is 19.3. The van der Waals surface area contributed by atoms with Crippen LogP contribution in [0.15, 0.2) is 71.5 Å². The van der Waals surface area contributed by atoms with Gasteiger partial charge in [-0.05, 0) is 42.8 Å². The molecule has 9 heteroatoms. The van der Waals surface area contributed by atoms with Crippen molar-refractivity contribution in [2.45, 2.75) is 20.0 Å². The number of carbonyl (C=O) groups excluding carboxylic acids is 2. The van der Waals surface area contributed by atoms with Crippen LogP contribution >= 0.6 is 0 Å². The van der Waals surface area contributed by atoms with Crippen molar-refractivity contribution in [3.8, 4) is 11.5 Å². The molecule has 35 heavy (non-hydrogen) atoms. The second-order valence-electron chi connectivity index (χ2n) is 8.06. The molecular weight excluding hydrogens is 448 g/mol. The Balaban J connectivity index is 1.29. The van der Waals surface area contributed by atoms with Gasteiger partial charge in [-0.25, -0.2) is 4.68 Å². The van der Waals surface area contributed by atoms with Gasteiger partial charge in [-0.2, -0.15) is 5.10 Å². The van der Waals surface area contributed by atoms with E-state index in [1.165, 1.54) is 0 Å². The fourth-order valence-electron chi connectivity index (χ4n) is 3.96. The van der Waals surface area contributed by atoms with Crippen molar-refractivity contribution >= 4 is 28.3 Å². The van der Waals surface area contributed by atoms with E-state index in [2.05, 4.69) is 15.7 Å². The molecule has 9 nitrogen and oxygen atoms in total. The van der Waals surface area contributed by atoms with E-state index in [1.807, 2.05) is 24.3 Å². The predicted molar refractivity (Wildman–Crippen MR) is 130 cm³/mol. The number of amides is 2. The Kier molecular flexibility index (Phi) is 5.88. The van der Waals surface area contributed by atoms with E-state index in [0.29, 0.717) is 33.8 Å². The monoisotopic (exact) mass is 470 g/mol. The number of carbonyl (C=O) groups is 2. The van der Waals surface area contributed by atoms with E-state index in [1.54, 1.807) is 49.4 Å². The Morgan fingerprint density at radius 2 is 1.71 bits per heavy atom. The Morgan fingerprint density at radius 1 is 0.971 bits per heavy atom. The van der Waals surface area contributed by atoms with Gasteiger partial charge in [-0.1, -0.05) is 36.4 Å². The van der Waals surface area contributed by atoms with Gasteiger partial charge in [-0.15, -0.1) is 0 Å². The van der Waals surface area contributed by atoms with Gasteiger partial charge < -0.3 is 20.1 Å². The van der Waals surface area contributed by atoms with Crippen molar-refractivity contribution in [3.63, 3.8) is 0 Å². The van der Waals surface area contributed by atoms with Crippen molar-refractivity contribution in [3.05, 3.63) is 93.9 Å². The van der Waals surface area contributed by atoms with Gasteiger partial charge in [0.1, 0.15) is 6.54 Å². The average Bonchev–Trinajstić information content (AvgIpc) is 3.34. The number of nitrogens with zero attached hydrogens (tertiary/aromatic N) is 2. The molecular formula is C26H22N4O5. The number of aryl methyl sites for hydroxylation is 1. The molecule has 0 saturated carbocycles. The van der Waals surface area contributed by atoms with E-state index in [9.17, 15) is 14.4 Å². The second kappa shape index (κ2) is 9.30. The Labute approximate surface area is 200 Å². The molecule has 0 unspecified atom stereocenters. The summed E-state index contributed by atoms with van der Waals surface area (Å²) in [6.07, 6.45) is 0. The highest BCUT2D eigenvalue weighted by atomic mass is 16.7. The van der Waals surface area contributed by atoms with Gasteiger partial charge in [0, 0.05) is 11.9 Å². The Bertz CT molecular complexity index is 1510.